The van der Waals surface area contributed by atoms with Gasteiger partial charge in [0.05, 0.1) is 11.4 Å². The molecule has 1 aromatic heterocycles. The summed E-state index contributed by atoms with van der Waals surface area (Å²) in [6, 6.07) is 9.35. The smallest absolute Gasteiger partial charge is 0.300 e. The molecule has 0 aliphatic carbocycles. The summed E-state index contributed by atoms with van der Waals surface area (Å²) in [7, 11) is 0. The largest absolute Gasteiger partial charge is 0.383 e. The Balaban J connectivity index is 2.04. The number of hydrogen-bond donors (Lipinski definition) is 1. The van der Waals surface area contributed by atoms with Crippen LogP contribution in [0.1, 0.15) is 30.7 Å². The van der Waals surface area contributed by atoms with E-state index in [2.05, 4.69) is 10.3 Å². The fourth-order valence-electron chi connectivity index (χ4n) is 2.52. The van der Waals surface area contributed by atoms with Crippen molar-refractivity contribution in [1.29, 1.82) is 0 Å². The highest BCUT2D eigenvalue weighted by Gasteiger charge is 2.37. The summed E-state index contributed by atoms with van der Waals surface area (Å²) in [6.45, 7) is 4.82. The summed E-state index contributed by atoms with van der Waals surface area (Å²) < 4.78 is 29.0. The predicted octanol–water partition coefficient (Wildman–Crippen LogP) is 3.92. The van der Waals surface area contributed by atoms with Crippen molar-refractivity contribution < 1.29 is 8.78 Å². The average molecular weight is 274 g/mol. The van der Waals surface area contributed by atoms with Crippen molar-refractivity contribution in [3.63, 3.8) is 0 Å². The van der Waals surface area contributed by atoms with Gasteiger partial charge >= 0.3 is 0 Å². The zero-order chi connectivity index (χ0) is 14.4. The molecule has 0 saturated carbocycles. The van der Waals surface area contributed by atoms with Crippen LogP contribution in [-0.2, 0) is 11.3 Å². The highest BCUT2D eigenvalue weighted by Crippen LogP contribution is 2.40. The monoisotopic (exact) mass is 274 g/mol. The Morgan fingerprint density at radius 1 is 1.15 bits per heavy atom. The van der Waals surface area contributed by atoms with Crippen molar-refractivity contribution >= 4 is 5.69 Å². The number of halogens is 2. The number of nitrogens with zero attached hydrogens (tertiary/aromatic N) is 1. The lowest BCUT2D eigenvalue weighted by molar-refractivity contribution is 0.0425. The average Bonchev–Trinajstić information content (AvgIpc) is 2.75. The molecule has 1 N–H and O–H groups in total. The lowest BCUT2D eigenvalue weighted by atomic mass is 9.90. The maximum atomic E-state index is 14.5. The molecule has 0 unspecified atom stereocenters. The number of fused-ring (bicyclic) bond motifs is 1. The first-order valence-corrected chi connectivity index (χ1v) is 6.59. The van der Waals surface area contributed by atoms with E-state index in [4.69, 9.17) is 0 Å². The summed E-state index contributed by atoms with van der Waals surface area (Å²) >= 11 is 0. The van der Waals surface area contributed by atoms with Crippen LogP contribution in [0.25, 0.3) is 0 Å². The number of alkyl halides is 2. The standard InChI is InChI=1S/C16H16F2N2/c1-15(2)10-20-13-8-12(9-19-14(13)15)16(17,18)11-6-4-3-5-7-11/h3-9,20H,10H2,1-2H3. The van der Waals surface area contributed by atoms with Crippen LogP contribution < -0.4 is 5.32 Å². The quantitative estimate of drug-likeness (QED) is 0.897. The molecule has 0 spiro atoms. The van der Waals surface area contributed by atoms with Gasteiger partial charge in [0.25, 0.3) is 5.92 Å². The Bertz CT molecular complexity index is 636. The van der Waals surface area contributed by atoms with E-state index in [0.29, 0.717) is 5.69 Å². The molecule has 4 heteroatoms. The van der Waals surface area contributed by atoms with Gasteiger partial charge in [-0.25, -0.2) is 0 Å². The third-order valence-electron chi connectivity index (χ3n) is 3.75. The Hall–Kier alpha value is -1.97. The zero-order valence-corrected chi connectivity index (χ0v) is 11.5. The second-order valence-corrected chi connectivity index (χ2v) is 5.80. The lowest BCUT2D eigenvalue weighted by Gasteiger charge is -2.19. The van der Waals surface area contributed by atoms with Gasteiger partial charge in [0.2, 0.25) is 0 Å². The van der Waals surface area contributed by atoms with Gasteiger partial charge < -0.3 is 5.32 Å². The number of aromatic nitrogens is 1. The minimum Gasteiger partial charge on any atom is -0.383 e. The van der Waals surface area contributed by atoms with Crippen LogP contribution in [0.4, 0.5) is 14.5 Å². The van der Waals surface area contributed by atoms with E-state index in [1.807, 2.05) is 13.8 Å². The number of rotatable bonds is 2. The van der Waals surface area contributed by atoms with Crippen LogP contribution in [-0.4, -0.2) is 11.5 Å². The molecule has 2 aromatic rings. The maximum Gasteiger partial charge on any atom is 0.300 e. The Labute approximate surface area is 116 Å². The summed E-state index contributed by atoms with van der Waals surface area (Å²) in [5, 5.41) is 3.16. The van der Waals surface area contributed by atoms with Gasteiger partial charge in [-0.1, -0.05) is 44.2 Å². The van der Waals surface area contributed by atoms with Crippen molar-refractivity contribution in [2.45, 2.75) is 25.2 Å². The van der Waals surface area contributed by atoms with Crippen LogP contribution in [0.15, 0.2) is 42.6 Å². The maximum absolute atomic E-state index is 14.5. The molecule has 1 aliphatic heterocycles. The number of nitrogens with one attached hydrogen (secondary N) is 1. The minimum atomic E-state index is -3.03. The van der Waals surface area contributed by atoms with Gasteiger partial charge in [0.15, 0.2) is 0 Å². The van der Waals surface area contributed by atoms with E-state index in [-0.39, 0.29) is 16.5 Å². The molecule has 0 atom stereocenters. The van der Waals surface area contributed by atoms with Crippen LogP contribution in [0.2, 0.25) is 0 Å². The molecule has 2 heterocycles. The first-order valence-electron chi connectivity index (χ1n) is 6.59. The highest BCUT2D eigenvalue weighted by atomic mass is 19.3. The van der Waals surface area contributed by atoms with Crippen LogP contribution >= 0.6 is 0 Å². The number of hydrogen-bond acceptors (Lipinski definition) is 2. The number of pyridine rings is 1. The van der Waals surface area contributed by atoms with E-state index in [0.717, 1.165) is 12.2 Å². The Kier molecular flexibility index (Phi) is 2.78. The zero-order valence-electron chi connectivity index (χ0n) is 11.5. The summed E-state index contributed by atoms with van der Waals surface area (Å²) in [5.74, 6) is -3.03. The van der Waals surface area contributed by atoms with E-state index in [9.17, 15) is 8.78 Å². The molecule has 1 aliphatic rings. The minimum absolute atomic E-state index is 0.0148. The number of anilines is 1. The third kappa shape index (κ3) is 1.96. The summed E-state index contributed by atoms with van der Waals surface area (Å²) in [5.41, 5.74) is 1.36. The molecule has 0 radical (unpaired) electrons. The topological polar surface area (TPSA) is 24.9 Å². The molecule has 0 bridgehead atoms. The van der Waals surface area contributed by atoms with Crippen LogP contribution in [0, 0.1) is 0 Å². The molecule has 3 rings (SSSR count). The van der Waals surface area contributed by atoms with E-state index in [1.54, 1.807) is 18.2 Å². The molecule has 0 fully saturated rings. The molecule has 2 nitrogen and oxygen atoms in total. The summed E-state index contributed by atoms with van der Waals surface area (Å²) in [4.78, 5) is 4.26. The Morgan fingerprint density at radius 2 is 1.85 bits per heavy atom. The van der Waals surface area contributed by atoms with Gasteiger partial charge in [-0.3, -0.25) is 4.98 Å². The van der Waals surface area contributed by atoms with Gasteiger partial charge in [-0.05, 0) is 6.07 Å². The molecule has 104 valence electrons. The molecule has 0 amide bonds. The molecule has 1 aromatic carbocycles. The SMILES string of the molecule is CC1(C)CNc2cc(C(F)(F)c3ccccc3)cnc21. The molecule has 0 saturated heterocycles. The second kappa shape index (κ2) is 4.27. The van der Waals surface area contributed by atoms with Gasteiger partial charge in [-0.15, -0.1) is 0 Å². The second-order valence-electron chi connectivity index (χ2n) is 5.80. The first-order chi connectivity index (χ1) is 9.41. The van der Waals surface area contributed by atoms with Crippen molar-refractivity contribution in [3.8, 4) is 0 Å². The van der Waals surface area contributed by atoms with Gasteiger partial charge in [0, 0.05) is 29.3 Å². The molecular formula is C16H16F2N2. The first kappa shape index (κ1) is 13.0. The van der Waals surface area contributed by atoms with E-state index in [1.165, 1.54) is 24.4 Å². The van der Waals surface area contributed by atoms with Crippen molar-refractivity contribution in [2.75, 3.05) is 11.9 Å². The summed E-state index contributed by atoms with van der Waals surface area (Å²) in [6.07, 6.45) is 1.29. The third-order valence-corrected chi connectivity index (χ3v) is 3.75. The van der Waals surface area contributed by atoms with Crippen LogP contribution in [0.3, 0.4) is 0 Å². The fraction of sp³-hybridized carbons (Fsp3) is 0.312. The predicted molar refractivity (Wildman–Crippen MR) is 75.2 cm³/mol. The normalized spacial score (nSPS) is 16.6. The van der Waals surface area contributed by atoms with Gasteiger partial charge in [-0.2, -0.15) is 8.78 Å². The van der Waals surface area contributed by atoms with Crippen LogP contribution in [0.5, 0.6) is 0 Å². The lowest BCUT2D eigenvalue weighted by Crippen LogP contribution is -2.20. The van der Waals surface area contributed by atoms with Gasteiger partial charge in [0.1, 0.15) is 0 Å². The van der Waals surface area contributed by atoms with Crippen molar-refractivity contribution in [1.82, 2.24) is 4.98 Å². The van der Waals surface area contributed by atoms with E-state index < -0.39 is 5.92 Å². The Morgan fingerprint density at radius 3 is 2.55 bits per heavy atom. The highest BCUT2D eigenvalue weighted by molar-refractivity contribution is 5.58. The molecule has 20 heavy (non-hydrogen) atoms. The van der Waals surface area contributed by atoms with Crippen molar-refractivity contribution in [3.05, 3.63) is 59.4 Å². The number of benzene rings is 1. The van der Waals surface area contributed by atoms with Crippen molar-refractivity contribution in [2.24, 2.45) is 0 Å². The fourth-order valence-corrected chi connectivity index (χ4v) is 2.52. The molecular weight excluding hydrogens is 258 g/mol. The van der Waals surface area contributed by atoms with E-state index >= 15 is 0 Å².